The fraction of sp³-hybridized carbons (Fsp3) is 0.269. The zero-order valence-corrected chi connectivity index (χ0v) is 23.3. The number of nitrogens with zero attached hydrogens (tertiary/aromatic N) is 2. The normalized spacial score (nSPS) is 15.4. The van der Waals surface area contributed by atoms with Gasteiger partial charge < -0.3 is 14.2 Å². The molecule has 0 saturated carbocycles. The number of ether oxygens (including phenoxy) is 3. The monoisotopic (exact) mass is 590 g/mol. The van der Waals surface area contributed by atoms with Gasteiger partial charge in [-0.05, 0) is 78.7 Å². The second kappa shape index (κ2) is 11.0. The molecule has 7 nitrogen and oxygen atoms in total. The molecule has 0 fully saturated rings. The molecule has 0 unspecified atom stereocenters. The standard InChI is InChI=1S/C26H24BrClN2O5S/c1-5-34-19-10-8-17(28)11-16(19)13-21-24(31)30-23(15-7-9-20(33-4)18(27)12-15)22(25(32)35-6-2)14(3)29-26(30)36-21/h7-13,23H,5-6H2,1-4H3/b21-13+/t23-/m0/s1. The van der Waals surface area contributed by atoms with Crippen molar-refractivity contribution < 1.29 is 19.0 Å². The van der Waals surface area contributed by atoms with Gasteiger partial charge in [0.05, 0.1) is 46.6 Å². The predicted octanol–water partition coefficient (Wildman–Crippen LogP) is 4.62. The van der Waals surface area contributed by atoms with Gasteiger partial charge in [0.2, 0.25) is 0 Å². The first-order valence-electron chi connectivity index (χ1n) is 11.2. The van der Waals surface area contributed by atoms with E-state index in [9.17, 15) is 9.59 Å². The third kappa shape index (κ3) is 5.00. The molecule has 0 radical (unpaired) electrons. The van der Waals surface area contributed by atoms with Crippen molar-refractivity contribution in [3.05, 3.63) is 88.0 Å². The third-order valence-electron chi connectivity index (χ3n) is 5.57. The van der Waals surface area contributed by atoms with Crippen LogP contribution in [0.3, 0.4) is 0 Å². The van der Waals surface area contributed by atoms with Gasteiger partial charge in [-0.2, -0.15) is 0 Å². The van der Waals surface area contributed by atoms with Gasteiger partial charge in [0.1, 0.15) is 11.5 Å². The number of hydrogen-bond acceptors (Lipinski definition) is 7. The van der Waals surface area contributed by atoms with E-state index in [1.807, 2.05) is 19.1 Å². The van der Waals surface area contributed by atoms with Crippen LogP contribution in [0.1, 0.15) is 37.9 Å². The second-order valence-corrected chi connectivity index (χ2v) is 10.1. The van der Waals surface area contributed by atoms with Crippen LogP contribution < -0.4 is 24.4 Å². The minimum Gasteiger partial charge on any atom is -0.496 e. The summed E-state index contributed by atoms with van der Waals surface area (Å²) in [4.78, 5) is 31.9. The van der Waals surface area contributed by atoms with E-state index in [4.69, 9.17) is 25.8 Å². The largest absolute Gasteiger partial charge is 0.496 e. The maximum Gasteiger partial charge on any atom is 0.338 e. The van der Waals surface area contributed by atoms with Crippen LogP contribution in [0.25, 0.3) is 6.08 Å². The van der Waals surface area contributed by atoms with Gasteiger partial charge in [-0.3, -0.25) is 9.36 Å². The SMILES string of the molecule is CCOC(=O)C1=C(C)N=c2s/c(=C/c3cc(Cl)ccc3OCC)c(=O)n2[C@H]1c1ccc(OC)c(Br)c1. The lowest BCUT2D eigenvalue weighted by molar-refractivity contribution is -0.139. The van der Waals surface area contributed by atoms with Crippen molar-refractivity contribution in [1.82, 2.24) is 4.57 Å². The van der Waals surface area contributed by atoms with E-state index >= 15 is 0 Å². The fourth-order valence-electron chi connectivity index (χ4n) is 4.02. The van der Waals surface area contributed by atoms with Crippen molar-refractivity contribution >= 4 is 50.9 Å². The molecule has 0 amide bonds. The summed E-state index contributed by atoms with van der Waals surface area (Å²) >= 11 is 11.0. The van der Waals surface area contributed by atoms with Crippen molar-refractivity contribution in [2.75, 3.05) is 20.3 Å². The van der Waals surface area contributed by atoms with Crippen LogP contribution >= 0.6 is 38.9 Å². The molecule has 0 spiro atoms. The summed E-state index contributed by atoms with van der Waals surface area (Å²) in [5.74, 6) is 0.735. The number of thiazole rings is 1. The fourth-order valence-corrected chi connectivity index (χ4v) is 5.80. The molecule has 10 heteroatoms. The number of carbonyl (C=O) groups is 1. The van der Waals surface area contributed by atoms with Gasteiger partial charge in [0.15, 0.2) is 4.80 Å². The Hall–Kier alpha value is -2.88. The van der Waals surface area contributed by atoms with Crippen molar-refractivity contribution in [2.24, 2.45) is 4.99 Å². The number of fused-ring (bicyclic) bond motifs is 1. The minimum atomic E-state index is -0.727. The highest BCUT2D eigenvalue weighted by atomic mass is 79.9. The number of esters is 1. The van der Waals surface area contributed by atoms with Crippen LogP contribution in [0.2, 0.25) is 5.02 Å². The molecule has 1 aliphatic rings. The lowest BCUT2D eigenvalue weighted by atomic mass is 9.96. The Balaban J connectivity index is 1.97. The molecule has 2 aromatic carbocycles. The quantitative estimate of drug-likeness (QED) is 0.375. The molecule has 1 atom stereocenters. The minimum absolute atomic E-state index is 0.202. The van der Waals surface area contributed by atoms with E-state index in [2.05, 4.69) is 20.9 Å². The van der Waals surface area contributed by atoms with Gasteiger partial charge in [-0.1, -0.05) is 29.0 Å². The van der Waals surface area contributed by atoms with Crippen LogP contribution in [-0.2, 0) is 9.53 Å². The topological polar surface area (TPSA) is 79.1 Å². The summed E-state index contributed by atoms with van der Waals surface area (Å²) in [6, 6.07) is 9.98. The van der Waals surface area contributed by atoms with E-state index in [0.29, 0.717) is 59.3 Å². The van der Waals surface area contributed by atoms with E-state index < -0.39 is 12.0 Å². The maximum absolute atomic E-state index is 13.8. The lowest BCUT2D eigenvalue weighted by Crippen LogP contribution is -2.40. The molecule has 2 heterocycles. The van der Waals surface area contributed by atoms with Crippen LogP contribution in [-0.4, -0.2) is 30.9 Å². The van der Waals surface area contributed by atoms with Crippen molar-refractivity contribution in [3.63, 3.8) is 0 Å². The van der Waals surface area contributed by atoms with E-state index in [0.717, 1.165) is 0 Å². The van der Waals surface area contributed by atoms with E-state index in [1.165, 1.54) is 15.9 Å². The molecule has 0 aliphatic carbocycles. The first-order chi connectivity index (χ1) is 17.3. The molecular weight excluding hydrogens is 568 g/mol. The number of aromatic nitrogens is 1. The number of carbonyl (C=O) groups excluding carboxylic acids is 1. The summed E-state index contributed by atoms with van der Waals surface area (Å²) in [6.45, 7) is 6.05. The average molecular weight is 592 g/mol. The predicted molar refractivity (Wildman–Crippen MR) is 144 cm³/mol. The Morgan fingerprint density at radius 1 is 1.19 bits per heavy atom. The Bertz CT molecular complexity index is 1540. The molecule has 1 aromatic heterocycles. The van der Waals surface area contributed by atoms with E-state index in [1.54, 1.807) is 51.3 Å². The highest BCUT2D eigenvalue weighted by Gasteiger charge is 2.33. The maximum atomic E-state index is 13.8. The van der Waals surface area contributed by atoms with Crippen LogP contribution in [0.5, 0.6) is 11.5 Å². The van der Waals surface area contributed by atoms with Crippen molar-refractivity contribution in [1.29, 1.82) is 0 Å². The zero-order chi connectivity index (χ0) is 26.0. The van der Waals surface area contributed by atoms with Gasteiger partial charge in [0.25, 0.3) is 5.56 Å². The van der Waals surface area contributed by atoms with E-state index in [-0.39, 0.29) is 12.2 Å². The molecule has 0 bridgehead atoms. The molecule has 0 N–H and O–H groups in total. The first kappa shape index (κ1) is 26.2. The number of allylic oxidation sites excluding steroid dienone is 1. The highest BCUT2D eigenvalue weighted by molar-refractivity contribution is 9.10. The van der Waals surface area contributed by atoms with Crippen LogP contribution in [0, 0.1) is 0 Å². The molecular formula is C26H24BrClN2O5S. The van der Waals surface area contributed by atoms with Crippen LogP contribution in [0.4, 0.5) is 0 Å². The number of hydrogen-bond donors (Lipinski definition) is 0. The molecule has 1 aliphatic heterocycles. The summed E-state index contributed by atoms with van der Waals surface area (Å²) in [6.07, 6.45) is 1.74. The number of methoxy groups -OCH3 is 1. The van der Waals surface area contributed by atoms with Crippen molar-refractivity contribution in [2.45, 2.75) is 26.8 Å². The first-order valence-corrected chi connectivity index (χ1v) is 13.2. The number of halogens is 2. The van der Waals surface area contributed by atoms with Gasteiger partial charge in [-0.25, -0.2) is 9.79 Å². The molecule has 188 valence electrons. The zero-order valence-electron chi connectivity index (χ0n) is 20.1. The molecule has 0 saturated heterocycles. The summed E-state index contributed by atoms with van der Waals surface area (Å²) in [7, 11) is 1.57. The number of rotatable bonds is 7. The third-order valence-corrected chi connectivity index (χ3v) is 7.40. The Kier molecular flexibility index (Phi) is 8.02. The summed E-state index contributed by atoms with van der Waals surface area (Å²) < 4.78 is 19.1. The Morgan fingerprint density at radius 2 is 1.94 bits per heavy atom. The highest BCUT2D eigenvalue weighted by Crippen LogP contribution is 2.35. The summed E-state index contributed by atoms with van der Waals surface area (Å²) in [5.41, 5.74) is 1.92. The average Bonchev–Trinajstić information content (AvgIpc) is 3.14. The smallest absolute Gasteiger partial charge is 0.338 e. The molecule has 36 heavy (non-hydrogen) atoms. The van der Waals surface area contributed by atoms with Gasteiger partial charge >= 0.3 is 5.97 Å². The van der Waals surface area contributed by atoms with Crippen LogP contribution in [0.15, 0.2) is 61.9 Å². The Morgan fingerprint density at radius 3 is 2.61 bits per heavy atom. The van der Waals surface area contributed by atoms with Gasteiger partial charge in [-0.15, -0.1) is 0 Å². The second-order valence-electron chi connectivity index (χ2n) is 7.81. The molecule has 4 rings (SSSR count). The van der Waals surface area contributed by atoms with Crippen molar-refractivity contribution in [3.8, 4) is 11.5 Å². The summed E-state index contributed by atoms with van der Waals surface area (Å²) in [5, 5.41) is 0.527. The van der Waals surface area contributed by atoms with Gasteiger partial charge in [0, 0.05) is 10.6 Å². The number of benzene rings is 2. The Labute approximate surface area is 225 Å². The lowest BCUT2D eigenvalue weighted by Gasteiger charge is -2.25. The molecule has 3 aromatic rings.